The molecule has 2 fully saturated rings. The molecule has 1 amide bonds. The first-order valence-electron chi connectivity index (χ1n) is 10.5. The summed E-state index contributed by atoms with van der Waals surface area (Å²) < 4.78 is 11.2. The summed E-state index contributed by atoms with van der Waals surface area (Å²) in [6.45, 7) is 7.63. The van der Waals surface area contributed by atoms with Crippen molar-refractivity contribution in [1.82, 2.24) is 10.2 Å². The molecular weight excluding hydrogens is 340 g/mol. The van der Waals surface area contributed by atoms with Crippen molar-refractivity contribution in [3.63, 3.8) is 0 Å². The van der Waals surface area contributed by atoms with Crippen molar-refractivity contribution in [3.8, 4) is 11.5 Å². The Morgan fingerprint density at radius 3 is 2.41 bits per heavy atom. The zero-order chi connectivity index (χ0) is 19.3. The highest BCUT2D eigenvalue weighted by molar-refractivity contribution is 5.72. The molecule has 150 valence electrons. The average Bonchev–Trinajstić information content (AvgIpc) is 2.74. The molecule has 0 unspecified atom stereocenters. The van der Waals surface area contributed by atoms with Crippen LogP contribution in [0.25, 0.3) is 0 Å². The van der Waals surface area contributed by atoms with Gasteiger partial charge in [-0.15, -0.1) is 0 Å². The summed E-state index contributed by atoms with van der Waals surface area (Å²) in [6, 6.07) is 6.07. The fourth-order valence-electron chi connectivity index (χ4n) is 4.55. The van der Waals surface area contributed by atoms with Crippen LogP contribution in [0.3, 0.4) is 0 Å². The minimum atomic E-state index is -0.295. The first-order chi connectivity index (χ1) is 13.1. The number of hydrogen-bond acceptors (Lipinski definition) is 4. The molecule has 1 N–H and O–H groups in total. The van der Waals surface area contributed by atoms with Crippen LogP contribution in [0.2, 0.25) is 0 Å². The van der Waals surface area contributed by atoms with E-state index in [4.69, 9.17) is 9.47 Å². The second kappa shape index (κ2) is 8.96. The van der Waals surface area contributed by atoms with Crippen molar-refractivity contribution in [1.29, 1.82) is 0 Å². The van der Waals surface area contributed by atoms with Gasteiger partial charge in [0.2, 0.25) is 0 Å². The van der Waals surface area contributed by atoms with Crippen LogP contribution in [-0.4, -0.2) is 44.3 Å². The lowest BCUT2D eigenvalue weighted by molar-refractivity contribution is 0.144. The Hall–Kier alpha value is -1.75. The molecule has 1 saturated heterocycles. The molecule has 5 nitrogen and oxygen atoms in total. The molecule has 0 radical (unpaired) electrons. The number of rotatable bonds is 5. The fraction of sp³-hybridized carbons (Fsp3) is 0.682. The van der Waals surface area contributed by atoms with Gasteiger partial charge in [-0.25, -0.2) is 4.79 Å². The van der Waals surface area contributed by atoms with Crippen LogP contribution in [0, 0.1) is 5.41 Å². The highest BCUT2D eigenvalue weighted by atomic mass is 16.6. The third kappa shape index (κ3) is 4.57. The highest BCUT2D eigenvalue weighted by Crippen LogP contribution is 2.47. The van der Waals surface area contributed by atoms with E-state index < -0.39 is 0 Å². The molecule has 1 heterocycles. The first-order valence-corrected chi connectivity index (χ1v) is 10.5. The van der Waals surface area contributed by atoms with Gasteiger partial charge in [0.1, 0.15) is 0 Å². The van der Waals surface area contributed by atoms with Crippen molar-refractivity contribution >= 4 is 6.09 Å². The molecule has 0 spiro atoms. The van der Waals surface area contributed by atoms with E-state index in [0.717, 1.165) is 13.1 Å². The smallest absolute Gasteiger partial charge is 0.415 e. The number of carbonyl (C=O) groups is 1. The van der Waals surface area contributed by atoms with Gasteiger partial charge in [0.25, 0.3) is 0 Å². The van der Waals surface area contributed by atoms with Crippen molar-refractivity contribution in [2.75, 3.05) is 33.3 Å². The maximum Gasteiger partial charge on any atom is 0.415 e. The zero-order valence-corrected chi connectivity index (χ0v) is 17.1. The largest absolute Gasteiger partial charge is 0.493 e. The van der Waals surface area contributed by atoms with Gasteiger partial charge in [0.15, 0.2) is 11.5 Å². The molecule has 27 heavy (non-hydrogen) atoms. The summed E-state index contributed by atoms with van der Waals surface area (Å²) in [7, 11) is 1.64. The van der Waals surface area contributed by atoms with Crippen LogP contribution in [0.15, 0.2) is 18.2 Å². The summed E-state index contributed by atoms with van der Waals surface area (Å²) in [6.07, 6.45) is 7.31. The molecule has 1 saturated carbocycles. The van der Waals surface area contributed by atoms with Gasteiger partial charge < -0.3 is 19.7 Å². The summed E-state index contributed by atoms with van der Waals surface area (Å²) in [4.78, 5) is 14.1. The normalized spacial score (nSPS) is 20.3. The molecule has 2 aliphatic rings. The number of nitrogens with one attached hydrogen (secondary N) is 1. The molecule has 1 aromatic carbocycles. The topological polar surface area (TPSA) is 50.8 Å². The Morgan fingerprint density at radius 2 is 1.81 bits per heavy atom. The first kappa shape index (κ1) is 20.0. The Labute approximate surface area is 163 Å². The van der Waals surface area contributed by atoms with Gasteiger partial charge in [-0.05, 0) is 54.7 Å². The van der Waals surface area contributed by atoms with Crippen molar-refractivity contribution in [3.05, 3.63) is 23.8 Å². The van der Waals surface area contributed by atoms with Gasteiger partial charge in [-0.2, -0.15) is 0 Å². The van der Waals surface area contributed by atoms with E-state index in [2.05, 4.69) is 31.3 Å². The molecule has 5 heteroatoms. The number of carbonyl (C=O) groups excluding carboxylic acids is 1. The number of piperazine rings is 1. The summed E-state index contributed by atoms with van der Waals surface area (Å²) in [5, 5.41) is 3.24. The average molecular weight is 375 g/mol. The molecule has 0 atom stereocenters. The zero-order valence-electron chi connectivity index (χ0n) is 17.1. The van der Waals surface area contributed by atoms with Crippen LogP contribution in [0.5, 0.6) is 11.5 Å². The van der Waals surface area contributed by atoms with Crippen LogP contribution in [0.1, 0.15) is 63.9 Å². The number of amides is 1. The van der Waals surface area contributed by atoms with Gasteiger partial charge in [0, 0.05) is 26.2 Å². The molecule has 0 aromatic heterocycles. The fourth-order valence-corrected chi connectivity index (χ4v) is 4.55. The van der Waals surface area contributed by atoms with Crippen molar-refractivity contribution < 1.29 is 14.3 Å². The third-order valence-corrected chi connectivity index (χ3v) is 6.78. The molecule has 1 aliphatic carbocycles. The van der Waals surface area contributed by atoms with Crippen molar-refractivity contribution in [2.45, 2.75) is 58.3 Å². The summed E-state index contributed by atoms with van der Waals surface area (Å²) in [5.74, 6) is 1.74. The Kier molecular flexibility index (Phi) is 6.64. The minimum absolute atomic E-state index is 0.295. The monoisotopic (exact) mass is 374 g/mol. The number of ether oxygens (including phenoxy) is 2. The molecule has 0 bridgehead atoms. The number of nitrogens with zero attached hydrogens (tertiary/aromatic N) is 1. The number of methoxy groups -OCH3 is 1. The van der Waals surface area contributed by atoms with Crippen LogP contribution in [-0.2, 0) is 0 Å². The van der Waals surface area contributed by atoms with E-state index >= 15 is 0 Å². The lowest BCUT2D eigenvalue weighted by Crippen LogP contribution is -2.47. The van der Waals surface area contributed by atoms with Crippen LogP contribution >= 0.6 is 0 Å². The quantitative estimate of drug-likeness (QED) is 0.821. The number of hydrogen-bond donors (Lipinski definition) is 1. The van der Waals surface area contributed by atoms with E-state index in [0.29, 0.717) is 35.9 Å². The molecule has 3 rings (SSSR count). The highest BCUT2D eigenvalue weighted by Gasteiger charge is 2.33. The second-order valence-corrected chi connectivity index (χ2v) is 8.00. The van der Waals surface area contributed by atoms with Crippen LogP contribution < -0.4 is 14.8 Å². The predicted molar refractivity (Wildman–Crippen MR) is 108 cm³/mol. The van der Waals surface area contributed by atoms with Gasteiger partial charge >= 0.3 is 6.09 Å². The summed E-state index contributed by atoms with van der Waals surface area (Å²) >= 11 is 0. The van der Waals surface area contributed by atoms with E-state index in [1.54, 1.807) is 12.0 Å². The Balaban J connectivity index is 1.66. The maximum absolute atomic E-state index is 12.4. The lowest BCUT2D eigenvalue weighted by Gasteiger charge is -2.39. The van der Waals surface area contributed by atoms with Gasteiger partial charge in [-0.1, -0.05) is 32.8 Å². The lowest BCUT2D eigenvalue weighted by atomic mass is 9.66. The summed E-state index contributed by atoms with van der Waals surface area (Å²) in [5.41, 5.74) is 1.84. The predicted octanol–water partition coefficient (Wildman–Crippen LogP) is 4.56. The second-order valence-electron chi connectivity index (χ2n) is 8.00. The maximum atomic E-state index is 12.4. The minimum Gasteiger partial charge on any atom is -0.493 e. The molecular formula is C22H34N2O3. The molecule has 1 aliphatic heterocycles. The Bertz CT molecular complexity index is 626. The number of benzene rings is 1. The van der Waals surface area contributed by atoms with Gasteiger partial charge in [0.05, 0.1) is 7.11 Å². The van der Waals surface area contributed by atoms with Crippen molar-refractivity contribution in [2.24, 2.45) is 5.41 Å². The molecule has 1 aromatic rings. The standard InChI is InChI=1S/C22H34N2O3/c1-4-22(5-2)10-8-17(9-11-22)18-6-7-19(20(16-18)26-3)27-21(25)24-14-12-23-13-15-24/h6-7,16-17,23H,4-5,8-15H2,1-3H3. The third-order valence-electron chi connectivity index (χ3n) is 6.78. The van der Waals surface area contributed by atoms with E-state index in [-0.39, 0.29) is 6.09 Å². The van der Waals surface area contributed by atoms with E-state index in [9.17, 15) is 4.79 Å². The van der Waals surface area contributed by atoms with Gasteiger partial charge in [-0.3, -0.25) is 0 Å². The Morgan fingerprint density at radius 1 is 1.15 bits per heavy atom. The van der Waals surface area contributed by atoms with E-state index in [1.807, 2.05) is 6.07 Å². The van der Waals surface area contributed by atoms with E-state index in [1.165, 1.54) is 44.1 Å². The SMILES string of the molecule is CCC1(CC)CCC(c2ccc(OC(=O)N3CCNCC3)c(OC)c2)CC1. The van der Waals surface area contributed by atoms with Crippen LogP contribution in [0.4, 0.5) is 4.79 Å².